The largest absolute Gasteiger partial charge is 0.569 e. The van der Waals surface area contributed by atoms with Gasteiger partial charge < -0.3 is 9.68 Å². The standard InChI is InChI=1S/C18H14BO2/c20-19-21-18-12-5-4-11-17(18)16-10-6-9-15(13-16)14-7-2-1-3-8-14/h1-13,20H. The molecule has 0 unspecified atom stereocenters. The van der Waals surface area contributed by atoms with E-state index in [1.54, 1.807) is 0 Å². The van der Waals surface area contributed by atoms with E-state index in [0.717, 1.165) is 16.7 Å². The molecule has 0 aromatic heterocycles. The van der Waals surface area contributed by atoms with Gasteiger partial charge in [0.1, 0.15) is 5.75 Å². The molecule has 0 spiro atoms. The van der Waals surface area contributed by atoms with Gasteiger partial charge in [-0.25, -0.2) is 0 Å². The van der Waals surface area contributed by atoms with Gasteiger partial charge in [0, 0.05) is 5.56 Å². The zero-order valence-corrected chi connectivity index (χ0v) is 11.4. The highest BCUT2D eigenvalue weighted by Gasteiger charge is 2.07. The Balaban J connectivity index is 2.05. The fraction of sp³-hybridized carbons (Fsp3) is 0. The van der Waals surface area contributed by atoms with Gasteiger partial charge in [0.25, 0.3) is 0 Å². The predicted molar refractivity (Wildman–Crippen MR) is 85.9 cm³/mol. The molecule has 3 rings (SSSR count). The van der Waals surface area contributed by atoms with E-state index in [4.69, 9.17) is 9.68 Å². The fourth-order valence-corrected chi connectivity index (χ4v) is 2.36. The smallest absolute Gasteiger partial charge is 0.537 e. The molecule has 0 saturated heterocycles. The predicted octanol–water partition coefficient (Wildman–Crippen LogP) is 3.93. The molecule has 0 amide bonds. The summed E-state index contributed by atoms with van der Waals surface area (Å²) >= 11 is 0. The second kappa shape index (κ2) is 6.29. The first-order valence-corrected chi connectivity index (χ1v) is 6.76. The van der Waals surface area contributed by atoms with Crippen LogP contribution >= 0.6 is 0 Å². The summed E-state index contributed by atoms with van der Waals surface area (Å²) in [5.74, 6) is 0.630. The van der Waals surface area contributed by atoms with Crippen LogP contribution in [0, 0.1) is 0 Å². The number of hydrogen-bond donors (Lipinski definition) is 1. The second-order valence-electron chi connectivity index (χ2n) is 4.67. The Morgan fingerprint density at radius 3 is 2.14 bits per heavy atom. The molecule has 0 aliphatic heterocycles. The van der Waals surface area contributed by atoms with Crippen molar-refractivity contribution in [3.05, 3.63) is 78.9 Å². The molecular formula is C18H14BO2. The van der Waals surface area contributed by atoms with Gasteiger partial charge in [-0.15, -0.1) is 0 Å². The molecule has 0 heterocycles. The molecule has 21 heavy (non-hydrogen) atoms. The number of benzene rings is 3. The number of hydrogen-bond acceptors (Lipinski definition) is 2. The third-order valence-electron chi connectivity index (χ3n) is 3.35. The van der Waals surface area contributed by atoms with E-state index in [1.807, 2.05) is 54.6 Å². The molecular weight excluding hydrogens is 259 g/mol. The molecule has 1 N–H and O–H groups in total. The van der Waals surface area contributed by atoms with Gasteiger partial charge in [-0.3, -0.25) is 0 Å². The monoisotopic (exact) mass is 273 g/mol. The topological polar surface area (TPSA) is 29.5 Å². The maximum atomic E-state index is 8.88. The highest BCUT2D eigenvalue weighted by Crippen LogP contribution is 2.32. The summed E-state index contributed by atoms with van der Waals surface area (Å²) in [6, 6.07) is 26.1. The van der Waals surface area contributed by atoms with Gasteiger partial charge in [-0.05, 0) is 28.8 Å². The van der Waals surface area contributed by atoms with E-state index in [9.17, 15) is 0 Å². The van der Waals surface area contributed by atoms with Crippen LogP contribution in [0.25, 0.3) is 22.3 Å². The van der Waals surface area contributed by atoms with Crippen LogP contribution in [0.15, 0.2) is 78.9 Å². The zero-order valence-electron chi connectivity index (χ0n) is 11.4. The van der Waals surface area contributed by atoms with Crippen molar-refractivity contribution in [1.82, 2.24) is 0 Å². The Labute approximate surface area is 125 Å². The van der Waals surface area contributed by atoms with Crippen LogP contribution in [-0.2, 0) is 0 Å². The lowest BCUT2D eigenvalue weighted by molar-refractivity contribution is 0.455. The summed E-state index contributed by atoms with van der Waals surface area (Å²) in [7, 11) is 0.708. The highest BCUT2D eigenvalue weighted by molar-refractivity contribution is 6.17. The molecule has 0 fully saturated rings. The van der Waals surface area contributed by atoms with Crippen molar-refractivity contribution in [3.8, 4) is 28.0 Å². The lowest BCUT2D eigenvalue weighted by Gasteiger charge is -2.11. The Bertz CT molecular complexity index is 726. The minimum atomic E-state index is 0.630. The van der Waals surface area contributed by atoms with E-state index in [2.05, 4.69) is 24.3 Å². The van der Waals surface area contributed by atoms with Gasteiger partial charge in [0.05, 0.1) is 0 Å². The van der Waals surface area contributed by atoms with Crippen molar-refractivity contribution in [1.29, 1.82) is 0 Å². The van der Waals surface area contributed by atoms with Crippen molar-refractivity contribution >= 4 is 7.69 Å². The second-order valence-corrected chi connectivity index (χ2v) is 4.67. The molecule has 0 saturated carbocycles. The molecule has 3 heteroatoms. The minimum absolute atomic E-state index is 0.630. The average Bonchev–Trinajstić information content (AvgIpc) is 2.57. The first-order chi connectivity index (χ1) is 10.4. The van der Waals surface area contributed by atoms with Crippen LogP contribution in [0.5, 0.6) is 5.75 Å². The molecule has 1 radical (unpaired) electrons. The maximum Gasteiger partial charge on any atom is 0.569 e. The maximum absolute atomic E-state index is 8.88. The van der Waals surface area contributed by atoms with Gasteiger partial charge >= 0.3 is 7.69 Å². The number of rotatable bonds is 4. The van der Waals surface area contributed by atoms with E-state index in [0.29, 0.717) is 13.4 Å². The lowest BCUT2D eigenvalue weighted by Crippen LogP contribution is -2.01. The molecule has 0 aliphatic carbocycles. The molecule has 3 aromatic carbocycles. The summed E-state index contributed by atoms with van der Waals surface area (Å²) < 4.78 is 5.17. The van der Waals surface area contributed by atoms with Crippen molar-refractivity contribution in [2.45, 2.75) is 0 Å². The van der Waals surface area contributed by atoms with E-state index >= 15 is 0 Å². The normalized spacial score (nSPS) is 10.1. The van der Waals surface area contributed by atoms with Crippen LogP contribution in [0.3, 0.4) is 0 Å². The molecule has 3 aromatic rings. The molecule has 0 atom stereocenters. The third kappa shape index (κ3) is 2.98. The fourth-order valence-electron chi connectivity index (χ4n) is 2.36. The summed E-state index contributed by atoms with van der Waals surface area (Å²) in [5, 5.41) is 8.88. The molecule has 0 bridgehead atoms. The first kappa shape index (κ1) is 13.5. The highest BCUT2D eigenvalue weighted by atomic mass is 16.5. The summed E-state index contributed by atoms with van der Waals surface area (Å²) in [6.07, 6.45) is 0. The Morgan fingerprint density at radius 2 is 1.33 bits per heavy atom. The SMILES string of the molecule is O[B]Oc1ccccc1-c1cccc(-c2ccccc2)c1. The first-order valence-electron chi connectivity index (χ1n) is 6.76. The van der Waals surface area contributed by atoms with Gasteiger partial charge in [-0.2, -0.15) is 0 Å². The Hall–Kier alpha value is -2.52. The Kier molecular flexibility index (Phi) is 4.03. The van der Waals surface area contributed by atoms with E-state index in [1.165, 1.54) is 5.56 Å². The van der Waals surface area contributed by atoms with Crippen LogP contribution in [-0.4, -0.2) is 12.7 Å². The molecule has 101 valence electrons. The van der Waals surface area contributed by atoms with Gasteiger partial charge in [0.15, 0.2) is 0 Å². The summed E-state index contributed by atoms with van der Waals surface area (Å²) in [5.41, 5.74) is 4.32. The van der Waals surface area contributed by atoms with Crippen molar-refractivity contribution in [2.75, 3.05) is 0 Å². The van der Waals surface area contributed by atoms with Crippen LogP contribution in [0.1, 0.15) is 0 Å². The zero-order chi connectivity index (χ0) is 14.5. The van der Waals surface area contributed by atoms with E-state index in [-0.39, 0.29) is 0 Å². The molecule has 2 nitrogen and oxygen atoms in total. The Morgan fingerprint density at radius 1 is 0.667 bits per heavy atom. The van der Waals surface area contributed by atoms with Gasteiger partial charge in [0.2, 0.25) is 0 Å². The third-order valence-corrected chi connectivity index (χ3v) is 3.35. The average molecular weight is 273 g/mol. The van der Waals surface area contributed by atoms with Crippen molar-refractivity contribution in [3.63, 3.8) is 0 Å². The quantitative estimate of drug-likeness (QED) is 0.730. The van der Waals surface area contributed by atoms with Crippen molar-refractivity contribution in [2.24, 2.45) is 0 Å². The summed E-state index contributed by atoms with van der Waals surface area (Å²) in [4.78, 5) is 0. The lowest BCUT2D eigenvalue weighted by atomic mass is 9.98. The van der Waals surface area contributed by atoms with Crippen molar-refractivity contribution < 1.29 is 9.68 Å². The van der Waals surface area contributed by atoms with Crippen LogP contribution < -0.4 is 4.65 Å². The minimum Gasteiger partial charge on any atom is -0.537 e. The van der Waals surface area contributed by atoms with Crippen LogP contribution in [0.4, 0.5) is 0 Å². The molecule has 0 aliphatic rings. The van der Waals surface area contributed by atoms with E-state index < -0.39 is 0 Å². The van der Waals surface area contributed by atoms with Crippen LogP contribution in [0.2, 0.25) is 0 Å². The van der Waals surface area contributed by atoms with Gasteiger partial charge in [-0.1, -0.05) is 66.7 Å². The number of para-hydroxylation sites is 1. The summed E-state index contributed by atoms with van der Waals surface area (Å²) in [6.45, 7) is 0.